The molecule has 5 aromatic rings. The Kier molecular flexibility index (Phi) is 9.29. The number of carbonyl (C=O) groups excluding carboxylic acids is 4. The molecule has 2 heterocycles. The van der Waals surface area contributed by atoms with E-state index in [9.17, 15) is 19.2 Å². The topological polar surface area (TPSA) is 138 Å². The normalized spacial score (nSPS) is 10.4. The van der Waals surface area contributed by atoms with Crippen LogP contribution in [-0.2, 0) is 6.42 Å². The van der Waals surface area contributed by atoms with Gasteiger partial charge in [0, 0.05) is 42.1 Å². The van der Waals surface area contributed by atoms with Gasteiger partial charge in [-0.2, -0.15) is 4.98 Å². The zero-order valence-corrected chi connectivity index (χ0v) is 24.2. The van der Waals surface area contributed by atoms with Gasteiger partial charge < -0.3 is 14.2 Å². The summed E-state index contributed by atoms with van der Waals surface area (Å²) in [7, 11) is 2.92. The number of amides is 3. The van der Waals surface area contributed by atoms with E-state index in [1.807, 2.05) is 0 Å². The summed E-state index contributed by atoms with van der Waals surface area (Å²) in [4.78, 5) is 67.4. The summed E-state index contributed by atoms with van der Waals surface area (Å²) in [6.07, 6.45) is 2.76. The standard InChI is InChI=1S/C34H26N4O7/c1-43-25-15-16-26(27(21-25)44-2)34(42)45-29-17-19-35-28(37-29)20-24-14-9-18-36-30(24)33(41)38(31(39)22-10-5-3-6-11-22)32(40)23-12-7-4-8-13-23/h3-19,21H,20H2,1-2H3. The van der Waals surface area contributed by atoms with Crippen LogP contribution in [0.5, 0.6) is 17.4 Å². The molecular formula is C34H26N4O7. The van der Waals surface area contributed by atoms with Gasteiger partial charge in [0.2, 0.25) is 5.88 Å². The summed E-state index contributed by atoms with van der Waals surface area (Å²) in [5.74, 6) is -2.32. The lowest BCUT2D eigenvalue weighted by molar-refractivity contribution is 0.0533. The van der Waals surface area contributed by atoms with Crippen molar-refractivity contribution < 1.29 is 33.4 Å². The molecule has 0 bridgehead atoms. The van der Waals surface area contributed by atoms with E-state index in [0.717, 1.165) is 0 Å². The van der Waals surface area contributed by atoms with Crippen LogP contribution in [0.15, 0.2) is 109 Å². The molecule has 0 aliphatic heterocycles. The SMILES string of the molecule is COc1ccc(C(=O)Oc2ccnc(Cc3cccnc3C(=O)N(C(=O)c3ccccc3)C(=O)c3ccccc3)n2)c(OC)c1. The Labute approximate surface area is 258 Å². The second kappa shape index (κ2) is 13.8. The molecule has 0 radical (unpaired) electrons. The third-order valence-electron chi connectivity index (χ3n) is 6.60. The molecule has 5 rings (SSSR count). The zero-order chi connectivity index (χ0) is 31.8. The average Bonchev–Trinajstić information content (AvgIpc) is 3.09. The first-order valence-electron chi connectivity index (χ1n) is 13.6. The Morgan fingerprint density at radius 1 is 0.689 bits per heavy atom. The molecule has 0 N–H and O–H groups in total. The molecular weight excluding hydrogens is 576 g/mol. The van der Waals surface area contributed by atoms with Crippen molar-refractivity contribution >= 4 is 23.7 Å². The number of aromatic nitrogens is 3. The lowest BCUT2D eigenvalue weighted by Gasteiger charge is -2.20. The number of hydrogen-bond donors (Lipinski definition) is 0. The molecule has 11 nitrogen and oxygen atoms in total. The number of rotatable bonds is 9. The molecule has 0 saturated heterocycles. The number of methoxy groups -OCH3 is 2. The van der Waals surface area contributed by atoms with Crippen LogP contribution in [0.4, 0.5) is 0 Å². The molecule has 0 atom stereocenters. The maximum absolute atomic E-state index is 14.0. The summed E-state index contributed by atoms with van der Waals surface area (Å²) in [5, 5.41) is 0. The maximum Gasteiger partial charge on any atom is 0.348 e. The second-order valence-corrected chi connectivity index (χ2v) is 9.44. The Morgan fingerprint density at radius 2 is 1.36 bits per heavy atom. The average molecular weight is 603 g/mol. The van der Waals surface area contributed by atoms with E-state index >= 15 is 0 Å². The van der Waals surface area contributed by atoms with E-state index in [4.69, 9.17) is 14.2 Å². The summed E-state index contributed by atoms with van der Waals surface area (Å²) in [6, 6.07) is 25.3. The lowest BCUT2D eigenvalue weighted by atomic mass is 10.1. The number of esters is 1. The van der Waals surface area contributed by atoms with Crippen molar-refractivity contribution in [3.05, 3.63) is 143 Å². The van der Waals surface area contributed by atoms with E-state index in [-0.39, 0.29) is 46.3 Å². The van der Waals surface area contributed by atoms with Gasteiger partial charge in [0.25, 0.3) is 17.7 Å². The number of ether oxygens (including phenoxy) is 3. The van der Waals surface area contributed by atoms with Gasteiger partial charge in [-0.25, -0.2) is 14.7 Å². The minimum Gasteiger partial charge on any atom is -0.497 e. The smallest absolute Gasteiger partial charge is 0.348 e. The highest BCUT2D eigenvalue weighted by Crippen LogP contribution is 2.26. The van der Waals surface area contributed by atoms with Crippen LogP contribution in [0.1, 0.15) is 53.0 Å². The van der Waals surface area contributed by atoms with Crippen molar-refractivity contribution in [1.82, 2.24) is 19.9 Å². The molecule has 45 heavy (non-hydrogen) atoms. The van der Waals surface area contributed by atoms with Gasteiger partial charge in [-0.05, 0) is 48.0 Å². The zero-order valence-electron chi connectivity index (χ0n) is 24.2. The van der Waals surface area contributed by atoms with E-state index < -0.39 is 23.7 Å². The molecule has 0 spiro atoms. The molecule has 3 aromatic carbocycles. The molecule has 224 valence electrons. The van der Waals surface area contributed by atoms with Crippen LogP contribution < -0.4 is 14.2 Å². The highest BCUT2D eigenvalue weighted by molar-refractivity contribution is 6.23. The fraction of sp³-hybridized carbons (Fsp3) is 0.0882. The van der Waals surface area contributed by atoms with E-state index in [2.05, 4.69) is 15.0 Å². The first-order chi connectivity index (χ1) is 21.9. The highest BCUT2D eigenvalue weighted by Gasteiger charge is 2.33. The maximum atomic E-state index is 14.0. The van der Waals surface area contributed by atoms with Crippen LogP contribution in [0.25, 0.3) is 0 Å². The largest absolute Gasteiger partial charge is 0.497 e. The van der Waals surface area contributed by atoms with Gasteiger partial charge in [0.15, 0.2) is 0 Å². The van der Waals surface area contributed by atoms with E-state index in [1.54, 1.807) is 60.7 Å². The number of benzene rings is 3. The molecule has 0 saturated carbocycles. The summed E-state index contributed by atoms with van der Waals surface area (Å²) >= 11 is 0. The first kappa shape index (κ1) is 30.2. The van der Waals surface area contributed by atoms with Crippen molar-refractivity contribution in [2.45, 2.75) is 6.42 Å². The van der Waals surface area contributed by atoms with Crippen molar-refractivity contribution in [3.63, 3.8) is 0 Å². The summed E-state index contributed by atoms with van der Waals surface area (Å²) in [5.41, 5.74) is 0.664. The molecule has 0 aliphatic carbocycles. The number of imide groups is 3. The molecule has 0 aliphatic rings. The minimum atomic E-state index is -0.914. The monoisotopic (exact) mass is 602 g/mol. The van der Waals surface area contributed by atoms with E-state index in [1.165, 1.54) is 63.0 Å². The number of carbonyl (C=O) groups is 4. The van der Waals surface area contributed by atoms with Gasteiger partial charge in [-0.15, -0.1) is 0 Å². The Balaban J connectivity index is 1.43. The van der Waals surface area contributed by atoms with Crippen LogP contribution in [0.3, 0.4) is 0 Å². The minimum absolute atomic E-state index is 0.0287. The van der Waals surface area contributed by atoms with Gasteiger partial charge in [-0.3, -0.25) is 19.4 Å². The van der Waals surface area contributed by atoms with Crippen LogP contribution >= 0.6 is 0 Å². The fourth-order valence-electron chi connectivity index (χ4n) is 4.39. The Hall–Kier alpha value is -6.23. The van der Waals surface area contributed by atoms with Gasteiger partial charge in [0.1, 0.15) is 28.6 Å². The predicted molar refractivity (Wildman–Crippen MR) is 161 cm³/mol. The van der Waals surface area contributed by atoms with Crippen LogP contribution in [-0.4, -0.2) is 57.8 Å². The summed E-state index contributed by atoms with van der Waals surface area (Å²) < 4.78 is 15.9. The first-order valence-corrected chi connectivity index (χ1v) is 13.6. The highest BCUT2D eigenvalue weighted by atomic mass is 16.5. The number of nitrogens with zero attached hydrogens (tertiary/aromatic N) is 4. The molecule has 2 aromatic heterocycles. The van der Waals surface area contributed by atoms with Crippen molar-refractivity contribution in [2.24, 2.45) is 0 Å². The van der Waals surface area contributed by atoms with Crippen LogP contribution in [0, 0.1) is 0 Å². The quantitative estimate of drug-likeness (QED) is 0.170. The Bertz CT molecular complexity index is 1810. The van der Waals surface area contributed by atoms with Crippen LogP contribution in [0.2, 0.25) is 0 Å². The van der Waals surface area contributed by atoms with Crippen molar-refractivity contribution in [3.8, 4) is 17.4 Å². The second-order valence-electron chi connectivity index (χ2n) is 9.44. The van der Waals surface area contributed by atoms with E-state index in [0.29, 0.717) is 16.2 Å². The molecule has 0 unspecified atom stereocenters. The van der Waals surface area contributed by atoms with Crippen molar-refractivity contribution in [1.29, 1.82) is 0 Å². The Morgan fingerprint density at radius 3 is 1.98 bits per heavy atom. The molecule has 3 amide bonds. The van der Waals surface area contributed by atoms with Gasteiger partial charge in [0.05, 0.1) is 14.2 Å². The summed E-state index contributed by atoms with van der Waals surface area (Å²) in [6.45, 7) is 0. The fourth-order valence-corrected chi connectivity index (χ4v) is 4.39. The predicted octanol–water partition coefficient (Wildman–Crippen LogP) is 4.82. The third kappa shape index (κ3) is 6.89. The molecule has 0 fully saturated rings. The number of hydrogen-bond acceptors (Lipinski definition) is 10. The van der Waals surface area contributed by atoms with Gasteiger partial charge >= 0.3 is 5.97 Å². The molecule has 11 heteroatoms. The number of pyridine rings is 1. The lowest BCUT2D eigenvalue weighted by Crippen LogP contribution is -2.42. The van der Waals surface area contributed by atoms with Crippen molar-refractivity contribution in [2.75, 3.05) is 14.2 Å². The van der Waals surface area contributed by atoms with Gasteiger partial charge in [-0.1, -0.05) is 42.5 Å². The third-order valence-corrected chi connectivity index (χ3v) is 6.60.